The van der Waals surface area contributed by atoms with Crippen molar-refractivity contribution in [2.45, 2.75) is 51.0 Å². The monoisotopic (exact) mass is 524 g/mol. The second-order valence-electron chi connectivity index (χ2n) is 10.5. The van der Waals surface area contributed by atoms with Crippen molar-refractivity contribution in [1.29, 1.82) is 0 Å². The van der Waals surface area contributed by atoms with Gasteiger partial charge in [0.1, 0.15) is 18.6 Å². The maximum Gasteiger partial charge on any atom is 0.231 e. The van der Waals surface area contributed by atoms with Gasteiger partial charge in [-0.2, -0.15) is 0 Å². The van der Waals surface area contributed by atoms with Gasteiger partial charge in [0, 0.05) is 48.0 Å². The molecule has 9 nitrogen and oxygen atoms in total. The van der Waals surface area contributed by atoms with Gasteiger partial charge < -0.3 is 33.5 Å². The zero-order valence-electron chi connectivity index (χ0n) is 22.7. The van der Waals surface area contributed by atoms with E-state index >= 15 is 0 Å². The van der Waals surface area contributed by atoms with Crippen molar-refractivity contribution >= 4 is 0 Å². The zero-order chi connectivity index (χ0) is 26.7. The van der Waals surface area contributed by atoms with Crippen LogP contribution in [0.1, 0.15) is 45.7 Å². The average molecular weight is 525 g/mol. The van der Waals surface area contributed by atoms with Gasteiger partial charge in [-0.15, -0.1) is 0 Å². The minimum absolute atomic E-state index is 0.0408. The summed E-state index contributed by atoms with van der Waals surface area (Å²) >= 11 is 0. The number of rotatable bonds is 7. The number of aliphatic hydroxyl groups is 1. The topological polar surface area (TPSA) is 82.1 Å². The molecule has 2 unspecified atom stereocenters. The highest BCUT2D eigenvalue weighted by Crippen LogP contribution is 2.56. The highest BCUT2D eigenvalue weighted by Gasteiger charge is 2.52. The van der Waals surface area contributed by atoms with E-state index in [4.69, 9.17) is 28.4 Å². The van der Waals surface area contributed by atoms with E-state index in [0.29, 0.717) is 30.3 Å². The van der Waals surface area contributed by atoms with Crippen LogP contribution in [-0.4, -0.2) is 75.0 Å². The summed E-state index contributed by atoms with van der Waals surface area (Å²) in [5.41, 5.74) is 5.98. The van der Waals surface area contributed by atoms with Gasteiger partial charge in [0.25, 0.3) is 0 Å². The molecule has 4 aliphatic rings. The quantitative estimate of drug-likeness (QED) is 0.433. The Morgan fingerprint density at radius 1 is 1.08 bits per heavy atom. The molecular formula is C29H36N2O7. The summed E-state index contributed by atoms with van der Waals surface area (Å²) in [6.07, 6.45) is 2.38. The van der Waals surface area contributed by atoms with E-state index in [9.17, 15) is 5.11 Å². The van der Waals surface area contributed by atoms with Gasteiger partial charge in [-0.1, -0.05) is 18.7 Å². The van der Waals surface area contributed by atoms with Crippen LogP contribution < -0.4 is 23.7 Å². The first kappa shape index (κ1) is 25.3. The number of hydrogen-bond donors (Lipinski definition) is 1. The first-order valence-electron chi connectivity index (χ1n) is 13.1. The lowest BCUT2D eigenvalue weighted by Gasteiger charge is -2.57. The molecule has 0 spiro atoms. The third kappa shape index (κ3) is 3.60. The molecule has 2 aromatic carbocycles. The summed E-state index contributed by atoms with van der Waals surface area (Å²) in [6.45, 7) is 9.19. The zero-order valence-corrected chi connectivity index (χ0v) is 22.7. The highest BCUT2D eigenvalue weighted by molar-refractivity contribution is 5.66. The number of likely N-dealkylation sites (N-methyl/N-ethyl adjacent to an activating group) is 1. The van der Waals surface area contributed by atoms with Crippen LogP contribution in [0.5, 0.6) is 28.7 Å². The molecule has 4 heterocycles. The van der Waals surface area contributed by atoms with Gasteiger partial charge in [-0.25, -0.2) is 0 Å². The van der Waals surface area contributed by atoms with Gasteiger partial charge >= 0.3 is 0 Å². The smallest absolute Gasteiger partial charge is 0.231 e. The van der Waals surface area contributed by atoms with Crippen LogP contribution in [0.25, 0.3) is 0 Å². The third-order valence-corrected chi connectivity index (χ3v) is 8.52. The predicted octanol–water partition coefficient (Wildman–Crippen LogP) is 3.42. The molecule has 0 aliphatic carbocycles. The standard InChI is InChI=1S/C29H36N2O7/c1-7-8-35-25-16(3)26-28(38-14-37-26)22-19(25)11-20-23-21-17(10-18(30(23)4)12-31(20)29(22)32)9-15(2)24(34-6)27(21)36-13-33-5/h7,9,18,20,23,29,32H,1,8,10-14H2,2-6H3/t18-,20?,23-,29?/m0/s1. The maximum absolute atomic E-state index is 11.9. The van der Waals surface area contributed by atoms with E-state index in [-0.39, 0.29) is 31.7 Å². The van der Waals surface area contributed by atoms with Gasteiger partial charge in [0.2, 0.25) is 6.79 Å². The lowest BCUT2D eigenvalue weighted by molar-refractivity contribution is -0.115. The van der Waals surface area contributed by atoms with Crippen molar-refractivity contribution in [3.8, 4) is 28.7 Å². The minimum atomic E-state index is -0.859. The summed E-state index contributed by atoms with van der Waals surface area (Å²) in [5.74, 6) is 3.44. The molecule has 0 aromatic heterocycles. The summed E-state index contributed by atoms with van der Waals surface area (Å²) in [5, 5.41) is 11.9. The van der Waals surface area contributed by atoms with Crippen LogP contribution in [0.15, 0.2) is 18.7 Å². The van der Waals surface area contributed by atoms with Crippen LogP contribution >= 0.6 is 0 Å². The van der Waals surface area contributed by atoms with E-state index in [0.717, 1.165) is 52.3 Å². The molecule has 1 saturated heterocycles. The molecule has 204 valence electrons. The molecule has 6 rings (SSSR count). The fraction of sp³-hybridized carbons (Fsp3) is 0.517. The Morgan fingerprint density at radius 2 is 1.87 bits per heavy atom. The number of aliphatic hydroxyl groups excluding tert-OH is 1. The number of nitrogens with zero attached hydrogens (tertiary/aromatic N) is 2. The van der Waals surface area contributed by atoms with Gasteiger partial charge in [-0.05, 0) is 44.9 Å². The SMILES string of the molecule is C=CCOc1c(C)c2c(c3c1CC1[C@H]4c5c(cc(C)c(OC)c5OCOC)C[C@@H](CN1C3O)N4C)OCO2. The fourth-order valence-corrected chi connectivity index (χ4v) is 6.95. The summed E-state index contributed by atoms with van der Waals surface area (Å²) < 4.78 is 35.3. The fourth-order valence-electron chi connectivity index (χ4n) is 6.95. The molecule has 0 amide bonds. The Hall–Kier alpha value is -2.98. The van der Waals surface area contributed by atoms with E-state index in [1.54, 1.807) is 20.3 Å². The first-order chi connectivity index (χ1) is 18.4. The number of piperazine rings is 1. The Bertz CT molecular complexity index is 1280. The summed E-state index contributed by atoms with van der Waals surface area (Å²) in [4.78, 5) is 4.64. The Balaban J connectivity index is 1.53. The van der Waals surface area contributed by atoms with E-state index < -0.39 is 6.23 Å². The van der Waals surface area contributed by atoms with Crippen molar-refractivity contribution in [3.63, 3.8) is 0 Å². The molecule has 2 aromatic rings. The Morgan fingerprint density at radius 3 is 2.61 bits per heavy atom. The van der Waals surface area contributed by atoms with Crippen molar-refractivity contribution in [1.82, 2.24) is 9.80 Å². The second kappa shape index (κ2) is 9.64. The molecule has 0 radical (unpaired) electrons. The van der Waals surface area contributed by atoms with E-state index in [1.165, 1.54) is 5.56 Å². The van der Waals surface area contributed by atoms with Gasteiger partial charge in [-0.3, -0.25) is 9.80 Å². The second-order valence-corrected chi connectivity index (χ2v) is 10.5. The normalized spacial score (nSPS) is 25.3. The minimum Gasteiger partial charge on any atom is -0.493 e. The molecule has 38 heavy (non-hydrogen) atoms. The van der Waals surface area contributed by atoms with Crippen molar-refractivity contribution in [2.75, 3.05) is 48.0 Å². The molecular weight excluding hydrogens is 488 g/mol. The van der Waals surface area contributed by atoms with E-state index in [1.807, 2.05) is 6.92 Å². The molecule has 2 bridgehead atoms. The number of ether oxygens (including phenoxy) is 6. The number of fused-ring (bicyclic) bond motifs is 9. The number of methoxy groups -OCH3 is 2. The molecule has 1 N–H and O–H groups in total. The van der Waals surface area contributed by atoms with Crippen molar-refractivity contribution < 1.29 is 33.5 Å². The van der Waals surface area contributed by atoms with Gasteiger partial charge in [0.15, 0.2) is 29.8 Å². The summed E-state index contributed by atoms with van der Waals surface area (Å²) in [7, 11) is 5.46. The average Bonchev–Trinajstić information content (AvgIpc) is 3.38. The molecule has 1 fully saturated rings. The lowest BCUT2D eigenvalue weighted by atomic mass is 9.75. The molecule has 9 heteroatoms. The number of aryl methyl sites for hydroxylation is 1. The molecule has 4 atom stereocenters. The number of benzene rings is 2. The third-order valence-electron chi connectivity index (χ3n) is 8.52. The first-order valence-corrected chi connectivity index (χ1v) is 13.1. The van der Waals surface area contributed by atoms with Crippen LogP contribution in [0.3, 0.4) is 0 Å². The Kier molecular flexibility index (Phi) is 6.42. The van der Waals surface area contributed by atoms with Gasteiger partial charge in [0.05, 0.1) is 13.2 Å². The van der Waals surface area contributed by atoms with Crippen LogP contribution in [0, 0.1) is 13.8 Å². The molecule has 4 aliphatic heterocycles. The van der Waals surface area contributed by atoms with E-state index in [2.05, 4.69) is 36.4 Å². The summed E-state index contributed by atoms with van der Waals surface area (Å²) in [6, 6.07) is 2.38. The largest absolute Gasteiger partial charge is 0.493 e. The highest BCUT2D eigenvalue weighted by atomic mass is 16.7. The Labute approximate surface area is 223 Å². The van der Waals surface area contributed by atoms with Crippen LogP contribution in [0.4, 0.5) is 0 Å². The predicted molar refractivity (Wildman–Crippen MR) is 140 cm³/mol. The number of hydrogen-bond acceptors (Lipinski definition) is 9. The van der Waals surface area contributed by atoms with Crippen molar-refractivity contribution in [3.05, 3.63) is 52.1 Å². The maximum atomic E-state index is 11.9. The van der Waals surface area contributed by atoms with Crippen molar-refractivity contribution in [2.24, 2.45) is 0 Å². The lowest BCUT2D eigenvalue weighted by Crippen LogP contribution is -2.63. The van der Waals surface area contributed by atoms with Crippen LogP contribution in [0.2, 0.25) is 0 Å². The van der Waals surface area contributed by atoms with Crippen LogP contribution in [-0.2, 0) is 17.6 Å². The molecule has 0 saturated carbocycles.